The first-order valence-corrected chi connectivity index (χ1v) is 7.32. The molecule has 1 aliphatic rings. The predicted octanol–water partition coefficient (Wildman–Crippen LogP) is 2.81. The van der Waals surface area contributed by atoms with Crippen LogP contribution >= 0.6 is 0 Å². The van der Waals surface area contributed by atoms with E-state index >= 15 is 0 Å². The monoisotopic (exact) mass is 331 g/mol. The van der Waals surface area contributed by atoms with Crippen molar-refractivity contribution < 1.29 is 23.1 Å². The maximum Gasteiger partial charge on any atom is 0.416 e. The highest BCUT2D eigenvalue weighted by molar-refractivity contribution is 5.93. The number of amides is 2. The Morgan fingerprint density at radius 2 is 2.00 bits per heavy atom. The van der Waals surface area contributed by atoms with Crippen LogP contribution in [0.2, 0.25) is 0 Å². The first-order chi connectivity index (χ1) is 10.7. The van der Waals surface area contributed by atoms with Crippen molar-refractivity contribution in [2.75, 3.05) is 24.3 Å². The fourth-order valence-corrected chi connectivity index (χ4v) is 2.64. The Labute approximate surface area is 132 Å². The lowest BCUT2D eigenvalue weighted by molar-refractivity contribution is -0.137. The van der Waals surface area contributed by atoms with E-state index in [1.54, 1.807) is 19.0 Å². The Kier molecular flexibility index (Phi) is 5.03. The molecule has 0 aromatic heterocycles. The molecule has 1 aromatic carbocycles. The van der Waals surface area contributed by atoms with Crippen LogP contribution in [-0.4, -0.2) is 37.4 Å². The summed E-state index contributed by atoms with van der Waals surface area (Å²) < 4.78 is 38.5. The van der Waals surface area contributed by atoms with Crippen LogP contribution in [0.25, 0.3) is 0 Å². The van der Waals surface area contributed by atoms with Crippen LogP contribution in [0.3, 0.4) is 0 Å². The zero-order valence-corrected chi connectivity index (χ0v) is 12.9. The summed E-state index contributed by atoms with van der Waals surface area (Å²) in [6.07, 6.45) is -3.04. The molecule has 0 bridgehead atoms. The molecule has 1 saturated carbocycles. The van der Waals surface area contributed by atoms with Gasteiger partial charge in [-0.3, -0.25) is 0 Å². The van der Waals surface area contributed by atoms with E-state index in [0.717, 1.165) is 18.6 Å². The molecule has 2 amide bonds. The topological polar surface area (TPSA) is 64.6 Å². The summed E-state index contributed by atoms with van der Waals surface area (Å²) in [4.78, 5) is 13.6. The van der Waals surface area contributed by atoms with Crippen LogP contribution in [-0.2, 0) is 6.18 Å². The number of carbonyl (C=O) groups excluding carboxylic acids is 1. The molecule has 1 aromatic rings. The van der Waals surface area contributed by atoms with Crippen molar-refractivity contribution in [1.82, 2.24) is 5.32 Å². The minimum Gasteiger partial charge on any atom is -0.391 e. The summed E-state index contributed by atoms with van der Waals surface area (Å²) in [6, 6.07) is 2.18. The first kappa shape index (κ1) is 17.4. The minimum absolute atomic E-state index is 0.0646. The van der Waals surface area contributed by atoms with E-state index in [4.69, 9.17) is 0 Å². The van der Waals surface area contributed by atoms with Gasteiger partial charge in [0.25, 0.3) is 0 Å². The van der Waals surface area contributed by atoms with Gasteiger partial charge in [0.2, 0.25) is 0 Å². The normalized spacial score (nSPS) is 21.1. The van der Waals surface area contributed by atoms with E-state index in [0.29, 0.717) is 18.5 Å². The summed E-state index contributed by atoms with van der Waals surface area (Å²) in [7, 11) is 3.35. The number of carbonyl (C=O) groups is 1. The third kappa shape index (κ3) is 4.28. The van der Waals surface area contributed by atoms with Gasteiger partial charge in [0.15, 0.2) is 0 Å². The molecule has 0 radical (unpaired) electrons. The van der Waals surface area contributed by atoms with Gasteiger partial charge in [-0.25, -0.2) is 4.79 Å². The van der Waals surface area contributed by atoms with Crippen LogP contribution in [0, 0.1) is 0 Å². The van der Waals surface area contributed by atoms with Crippen molar-refractivity contribution in [3.63, 3.8) is 0 Å². The average molecular weight is 331 g/mol. The number of hydrogen-bond donors (Lipinski definition) is 3. The SMILES string of the molecule is CN(C)c1ccc(C(F)(F)F)cc1NC(=O)NC1CCCC1O. The standard InChI is InChI=1S/C15H20F3N3O2/c1-21(2)12-7-6-9(15(16,17)18)8-11(12)20-14(23)19-10-4-3-5-13(10)22/h6-8,10,13,22H,3-5H2,1-2H3,(H2,19,20,23). The van der Waals surface area contributed by atoms with Gasteiger partial charge in [-0.15, -0.1) is 0 Å². The number of halogens is 3. The number of alkyl halides is 3. The molecule has 3 N–H and O–H groups in total. The Morgan fingerprint density at radius 3 is 2.52 bits per heavy atom. The molecule has 5 nitrogen and oxygen atoms in total. The van der Waals surface area contributed by atoms with Crippen molar-refractivity contribution in [3.05, 3.63) is 23.8 Å². The number of nitrogens with one attached hydrogen (secondary N) is 2. The van der Waals surface area contributed by atoms with E-state index in [9.17, 15) is 23.1 Å². The fraction of sp³-hybridized carbons (Fsp3) is 0.533. The van der Waals surface area contributed by atoms with Crippen molar-refractivity contribution >= 4 is 17.4 Å². The zero-order chi connectivity index (χ0) is 17.2. The number of nitrogens with zero attached hydrogens (tertiary/aromatic N) is 1. The molecule has 2 atom stereocenters. The number of rotatable bonds is 3. The van der Waals surface area contributed by atoms with Crippen LogP contribution in [0.4, 0.5) is 29.3 Å². The Bertz CT molecular complexity index is 576. The van der Waals surface area contributed by atoms with Gasteiger partial charge in [0, 0.05) is 14.1 Å². The first-order valence-electron chi connectivity index (χ1n) is 7.32. The number of aliphatic hydroxyl groups is 1. The van der Waals surface area contributed by atoms with E-state index < -0.39 is 23.9 Å². The Morgan fingerprint density at radius 1 is 1.30 bits per heavy atom. The van der Waals surface area contributed by atoms with Gasteiger partial charge in [0.1, 0.15) is 0 Å². The summed E-state index contributed by atoms with van der Waals surface area (Å²) >= 11 is 0. The van der Waals surface area contributed by atoms with Crippen LogP contribution in [0.5, 0.6) is 0 Å². The molecule has 0 spiro atoms. The highest BCUT2D eigenvalue weighted by atomic mass is 19.4. The fourth-order valence-electron chi connectivity index (χ4n) is 2.64. The van der Waals surface area contributed by atoms with Crippen LogP contribution < -0.4 is 15.5 Å². The average Bonchev–Trinajstić information content (AvgIpc) is 2.82. The van der Waals surface area contributed by atoms with Crippen molar-refractivity contribution in [1.29, 1.82) is 0 Å². The minimum atomic E-state index is -4.49. The number of urea groups is 1. The van der Waals surface area contributed by atoms with E-state index in [1.165, 1.54) is 6.07 Å². The molecule has 1 aliphatic carbocycles. The van der Waals surface area contributed by atoms with Gasteiger partial charge in [-0.1, -0.05) is 0 Å². The van der Waals surface area contributed by atoms with Gasteiger partial charge >= 0.3 is 12.2 Å². The molecule has 128 valence electrons. The zero-order valence-electron chi connectivity index (χ0n) is 12.9. The third-order valence-corrected chi connectivity index (χ3v) is 3.85. The lowest BCUT2D eigenvalue weighted by Crippen LogP contribution is -2.42. The molecule has 0 heterocycles. The Hall–Kier alpha value is -1.96. The summed E-state index contributed by atoms with van der Waals surface area (Å²) in [5, 5.41) is 14.7. The summed E-state index contributed by atoms with van der Waals surface area (Å²) in [6.45, 7) is 0. The van der Waals surface area contributed by atoms with E-state index in [2.05, 4.69) is 10.6 Å². The van der Waals surface area contributed by atoms with Crippen molar-refractivity contribution in [2.45, 2.75) is 37.6 Å². The lowest BCUT2D eigenvalue weighted by atomic mass is 10.1. The molecule has 1 fully saturated rings. The van der Waals surface area contributed by atoms with Gasteiger partial charge in [0.05, 0.1) is 29.1 Å². The maximum absolute atomic E-state index is 12.8. The highest BCUT2D eigenvalue weighted by Crippen LogP contribution is 2.35. The molecular weight excluding hydrogens is 311 g/mol. The molecule has 23 heavy (non-hydrogen) atoms. The van der Waals surface area contributed by atoms with Crippen LogP contribution in [0.15, 0.2) is 18.2 Å². The number of hydrogen-bond acceptors (Lipinski definition) is 3. The largest absolute Gasteiger partial charge is 0.416 e. The molecule has 0 saturated heterocycles. The number of aliphatic hydroxyl groups excluding tert-OH is 1. The van der Waals surface area contributed by atoms with Gasteiger partial charge in [-0.05, 0) is 37.5 Å². The van der Waals surface area contributed by atoms with Crippen molar-refractivity contribution in [3.8, 4) is 0 Å². The quantitative estimate of drug-likeness (QED) is 0.798. The van der Waals surface area contributed by atoms with Crippen LogP contribution in [0.1, 0.15) is 24.8 Å². The van der Waals surface area contributed by atoms with Crippen molar-refractivity contribution in [2.24, 2.45) is 0 Å². The van der Waals surface area contributed by atoms with E-state index in [1.807, 2.05) is 0 Å². The molecule has 2 rings (SSSR count). The highest BCUT2D eigenvalue weighted by Gasteiger charge is 2.32. The van der Waals surface area contributed by atoms with Gasteiger partial charge < -0.3 is 20.6 Å². The van der Waals surface area contributed by atoms with Gasteiger partial charge in [-0.2, -0.15) is 13.2 Å². The predicted molar refractivity (Wildman–Crippen MR) is 81.6 cm³/mol. The third-order valence-electron chi connectivity index (χ3n) is 3.85. The molecule has 2 unspecified atom stereocenters. The number of anilines is 2. The second-order valence-electron chi connectivity index (χ2n) is 5.83. The van der Waals surface area contributed by atoms with E-state index in [-0.39, 0.29) is 11.7 Å². The maximum atomic E-state index is 12.8. The lowest BCUT2D eigenvalue weighted by Gasteiger charge is -2.21. The molecule has 8 heteroatoms. The second-order valence-corrected chi connectivity index (χ2v) is 5.83. The number of benzene rings is 1. The molecular formula is C15H20F3N3O2. The summed E-state index contributed by atoms with van der Waals surface area (Å²) in [5.74, 6) is 0. The second kappa shape index (κ2) is 6.66. The smallest absolute Gasteiger partial charge is 0.391 e. The summed E-state index contributed by atoms with van der Waals surface area (Å²) in [5.41, 5.74) is -0.311. The molecule has 0 aliphatic heterocycles. The Balaban J connectivity index is 2.17.